The van der Waals surface area contributed by atoms with Crippen LogP contribution in [0.5, 0.6) is 0 Å². The Labute approximate surface area is 156 Å². The lowest BCUT2D eigenvalue weighted by molar-refractivity contribution is 0.0732. The maximum Gasteiger partial charge on any atom is 0.257 e. The molecule has 1 aliphatic carbocycles. The van der Waals surface area contributed by atoms with Gasteiger partial charge in [0.05, 0.1) is 11.3 Å². The van der Waals surface area contributed by atoms with Crippen LogP contribution in [0.3, 0.4) is 0 Å². The molecule has 1 amide bonds. The number of carbonyl (C=O) groups excluding carboxylic acids is 1. The molecule has 1 N–H and O–H groups in total. The molecule has 3 aromatic heterocycles. The third-order valence-electron chi connectivity index (χ3n) is 5.56. The van der Waals surface area contributed by atoms with E-state index in [0.29, 0.717) is 30.4 Å². The molecule has 0 radical (unpaired) electrons. The van der Waals surface area contributed by atoms with E-state index in [1.165, 1.54) is 30.5 Å². The molecular weight excluding hydrogens is 340 g/mol. The second-order valence-corrected chi connectivity index (χ2v) is 7.21. The number of nitrogens with one attached hydrogen (secondary N) is 1. The van der Waals surface area contributed by atoms with Crippen LogP contribution in [-0.4, -0.2) is 42.5 Å². The Kier molecular flexibility index (Phi) is 3.92. The number of amides is 1. The fraction of sp³-hybridized carbons (Fsp3) is 0.350. The molecule has 136 valence electrons. The summed E-state index contributed by atoms with van der Waals surface area (Å²) < 4.78 is 0. The molecule has 7 nitrogen and oxygen atoms in total. The van der Waals surface area contributed by atoms with Gasteiger partial charge in [-0.1, -0.05) is 6.42 Å². The second-order valence-electron chi connectivity index (χ2n) is 7.21. The average molecular weight is 360 g/mol. The van der Waals surface area contributed by atoms with Crippen molar-refractivity contribution in [2.45, 2.75) is 38.1 Å². The maximum absolute atomic E-state index is 12.9. The Bertz CT molecular complexity index is 962. The highest BCUT2D eigenvalue weighted by atomic mass is 16.2. The quantitative estimate of drug-likeness (QED) is 0.776. The summed E-state index contributed by atoms with van der Waals surface area (Å²) in [5, 5.41) is 7.72. The summed E-state index contributed by atoms with van der Waals surface area (Å²) in [6, 6.07) is 3.74. The number of nitrogens with zero attached hydrogens (tertiary/aromatic N) is 5. The number of hydrogen-bond donors (Lipinski definition) is 1. The minimum absolute atomic E-state index is 0.0286. The maximum atomic E-state index is 12.9. The number of pyridine rings is 1. The third kappa shape index (κ3) is 2.89. The highest BCUT2D eigenvalue weighted by molar-refractivity contribution is 5.93. The predicted molar refractivity (Wildman–Crippen MR) is 98.9 cm³/mol. The molecule has 0 saturated heterocycles. The van der Waals surface area contributed by atoms with Crippen LogP contribution in [0, 0.1) is 0 Å². The molecule has 0 spiro atoms. The van der Waals surface area contributed by atoms with Crippen molar-refractivity contribution in [3.63, 3.8) is 0 Å². The molecule has 0 atom stereocenters. The molecule has 7 heteroatoms. The molecule has 0 aromatic carbocycles. The van der Waals surface area contributed by atoms with E-state index in [9.17, 15) is 4.79 Å². The first-order valence-electron chi connectivity index (χ1n) is 9.37. The highest BCUT2D eigenvalue weighted by Gasteiger charge is 2.31. The SMILES string of the molecule is O=C(c1cnc(-c2cccnc2)nc1)N1CCc2[nH]nc(C3CCC3)c2C1. The lowest BCUT2D eigenvalue weighted by atomic mass is 9.81. The molecule has 0 unspecified atom stereocenters. The summed E-state index contributed by atoms with van der Waals surface area (Å²) in [7, 11) is 0. The Morgan fingerprint density at radius 1 is 1.19 bits per heavy atom. The van der Waals surface area contributed by atoms with Gasteiger partial charge in [0.25, 0.3) is 5.91 Å². The number of carbonyl (C=O) groups is 1. The molecular formula is C20H20N6O. The van der Waals surface area contributed by atoms with Crippen LogP contribution in [0.2, 0.25) is 0 Å². The fourth-order valence-electron chi connectivity index (χ4n) is 3.78. The zero-order chi connectivity index (χ0) is 18.2. The first-order valence-corrected chi connectivity index (χ1v) is 9.37. The molecule has 5 rings (SSSR count). The normalized spacial score (nSPS) is 16.7. The van der Waals surface area contributed by atoms with Crippen molar-refractivity contribution in [1.29, 1.82) is 0 Å². The molecule has 27 heavy (non-hydrogen) atoms. The van der Waals surface area contributed by atoms with E-state index >= 15 is 0 Å². The standard InChI is InChI=1S/C20H20N6O/c27-20(15-10-22-19(23-11-15)14-5-2-7-21-9-14)26-8-6-17-16(12-26)18(25-24-17)13-3-1-4-13/h2,5,7,9-11,13H,1,3-4,6,8,12H2,(H,24,25). The Morgan fingerprint density at radius 2 is 2.04 bits per heavy atom. The van der Waals surface area contributed by atoms with Crippen molar-refractivity contribution in [2.24, 2.45) is 0 Å². The summed E-state index contributed by atoms with van der Waals surface area (Å²) in [6.07, 6.45) is 11.1. The van der Waals surface area contributed by atoms with Gasteiger partial charge in [0.15, 0.2) is 5.82 Å². The van der Waals surface area contributed by atoms with Crippen LogP contribution >= 0.6 is 0 Å². The fourth-order valence-corrected chi connectivity index (χ4v) is 3.78. The van der Waals surface area contributed by atoms with E-state index in [1.807, 2.05) is 17.0 Å². The summed E-state index contributed by atoms with van der Waals surface area (Å²) in [5.74, 6) is 1.10. The van der Waals surface area contributed by atoms with Crippen LogP contribution in [0.25, 0.3) is 11.4 Å². The summed E-state index contributed by atoms with van der Waals surface area (Å²) in [5.41, 5.74) is 4.91. The van der Waals surface area contributed by atoms with Crippen molar-refractivity contribution < 1.29 is 4.79 Å². The molecule has 2 aliphatic rings. The zero-order valence-corrected chi connectivity index (χ0v) is 14.9. The van der Waals surface area contributed by atoms with Gasteiger partial charge in [-0.25, -0.2) is 9.97 Å². The van der Waals surface area contributed by atoms with E-state index in [1.54, 1.807) is 24.8 Å². The predicted octanol–water partition coefficient (Wildman–Crippen LogP) is 2.73. The van der Waals surface area contributed by atoms with Crippen LogP contribution < -0.4 is 0 Å². The van der Waals surface area contributed by atoms with Gasteiger partial charge in [-0.3, -0.25) is 14.9 Å². The summed E-state index contributed by atoms with van der Waals surface area (Å²) in [4.78, 5) is 27.6. The third-order valence-corrected chi connectivity index (χ3v) is 5.56. The topological polar surface area (TPSA) is 87.7 Å². The molecule has 1 saturated carbocycles. The lowest BCUT2D eigenvalue weighted by Gasteiger charge is -2.30. The van der Waals surface area contributed by atoms with Crippen molar-refractivity contribution in [3.05, 3.63) is 59.4 Å². The Balaban J connectivity index is 1.35. The number of H-pyrrole nitrogens is 1. The van der Waals surface area contributed by atoms with Gasteiger partial charge in [-0.05, 0) is 25.0 Å². The first kappa shape index (κ1) is 16.1. The van der Waals surface area contributed by atoms with Gasteiger partial charge in [-0.15, -0.1) is 0 Å². The van der Waals surface area contributed by atoms with Gasteiger partial charge >= 0.3 is 0 Å². The van der Waals surface area contributed by atoms with Crippen molar-refractivity contribution in [3.8, 4) is 11.4 Å². The van der Waals surface area contributed by atoms with Crippen molar-refractivity contribution in [1.82, 2.24) is 30.0 Å². The zero-order valence-electron chi connectivity index (χ0n) is 14.9. The smallest absolute Gasteiger partial charge is 0.257 e. The Morgan fingerprint density at radius 3 is 2.74 bits per heavy atom. The number of fused-ring (bicyclic) bond motifs is 1. The first-order chi connectivity index (χ1) is 13.3. The average Bonchev–Trinajstić information content (AvgIpc) is 3.10. The molecule has 1 fully saturated rings. The lowest BCUT2D eigenvalue weighted by Crippen LogP contribution is -2.36. The monoisotopic (exact) mass is 360 g/mol. The van der Waals surface area contributed by atoms with Gasteiger partial charge in [0.2, 0.25) is 0 Å². The Hall–Kier alpha value is -3.09. The van der Waals surface area contributed by atoms with Gasteiger partial charge in [0.1, 0.15) is 0 Å². The van der Waals surface area contributed by atoms with Gasteiger partial charge in [0, 0.05) is 67.0 Å². The minimum atomic E-state index is -0.0286. The van der Waals surface area contributed by atoms with Crippen molar-refractivity contribution >= 4 is 5.91 Å². The van der Waals surface area contributed by atoms with E-state index in [4.69, 9.17) is 0 Å². The summed E-state index contributed by atoms with van der Waals surface area (Å²) >= 11 is 0. The van der Waals surface area contributed by atoms with E-state index in [2.05, 4.69) is 25.1 Å². The van der Waals surface area contributed by atoms with E-state index in [0.717, 1.165) is 17.7 Å². The number of aromatic nitrogens is 5. The molecule has 1 aliphatic heterocycles. The molecule has 3 aromatic rings. The van der Waals surface area contributed by atoms with Crippen LogP contribution in [0.1, 0.15) is 52.5 Å². The van der Waals surface area contributed by atoms with Crippen LogP contribution in [-0.2, 0) is 13.0 Å². The number of aromatic amines is 1. The van der Waals surface area contributed by atoms with Crippen LogP contribution in [0.15, 0.2) is 36.9 Å². The van der Waals surface area contributed by atoms with E-state index in [-0.39, 0.29) is 5.91 Å². The summed E-state index contributed by atoms with van der Waals surface area (Å²) in [6.45, 7) is 1.29. The van der Waals surface area contributed by atoms with Gasteiger partial charge < -0.3 is 4.90 Å². The van der Waals surface area contributed by atoms with Gasteiger partial charge in [-0.2, -0.15) is 5.10 Å². The molecule has 0 bridgehead atoms. The van der Waals surface area contributed by atoms with Crippen LogP contribution in [0.4, 0.5) is 0 Å². The van der Waals surface area contributed by atoms with Crippen molar-refractivity contribution in [2.75, 3.05) is 6.54 Å². The number of hydrogen-bond acceptors (Lipinski definition) is 5. The number of rotatable bonds is 3. The highest BCUT2D eigenvalue weighted by Crippen LogP contribution is 2.38. The second kappa shape index (κ2) is 6.57. The minimum Gasteiger partial charge on any atom is -0.334 e. The van der Waals surface area contributed by atoms with E-state index < -0.39 is 0 Å². The molecule has 4 heterocycles. The largest absolute Gasteiger partial charge is 0.334 e.